The Bertz CT molecular complexity index is 569. The van der Waals surface area contributed by atoms with E-state index in [2.05, 4.69) is 4.98 Å². The van der Waals surface area contributed by atoms with Gasteiger partial charge in [0.25, 0.3) is 0 Å². The number of nitrogens with two attached hydrogens (primary N) is 2. The molecular formula is C14H24N4O5. The summed E-state index contributed by atoms with van der Waals surface area (Å²) in [5.74, 6) is -0.419. The highest BCUT2D eigenvalue weighted by Gasteiger charge is 2.45. The van der Waals surface area contributed by atoms with Gasteiger partial charge in [-0.25, -0.2) is 4.98 Å². The summed E-state index contributed by atoms with van der Waals surface area (Å²) in [7, 11) is 0. The van der Waals surface area contributed by atoms with Crippen LogP contribution in [0.15, 0.2) is 6.33 Å². The van der Waals surface area contributed by atoms with Crippen LogP contribution >= 0.6 is 0 Å². The van der Waals surface area contributed by atoms with E-state index in [0.717, 1.165) is 0 Å². The smallest absolute Gasteiger partial charge is 0.223 e. The number of hydrogen-bond acceptors (Lipinski definition) is 7. The molecule has 130 valence electrons. The van der Waals surface area contributed by atoms with E-state index in [1.807, 2.05) is 6.92 Å². The molecule has 0 aromatic carbocycles. The first-order chi connectivity index (χ1) is 11.4. The summed E-state index contributed by atoms with van der Waals surface area (Å²) in [5, 5.41) is 19.9. The highest BCUT2D eigenvalue weighted by molar-refractivity contribution is 5.77. The third-order valence-electron chi connectivity index (χ3n) is 3.71. The SMILES string of the molecule is [2H]C(CC)CO[C@@H]1[C@@H](CO)OC(n2cnc(CC(N)=O)c2N)[C@@H]1O. The Morgan fingerprint density at radius 1 is 1.65 bits per heavy atom. The predicted molar refractivity (Wildman–Crippen MR) is 81.2 cm³/mol. The second-order valence-electron chi connectivity index (χ2n) is 5.36. The average Bonchev–Trinajstić information content (AvgIpc) is 3.05. The summed E-state index contributed by atoms with van der Waals surface area (Å²) in [5.41, 5.74) is 11.4. The molecule has 1 saturated heterocycles. The fourth-order valence-corrected chi connectivity index (χ4v) is 2.51. The van der Waals surface area contributed by atoms with Gasteiger partial charge in [0.2, 0.25) is 5.91 Å². The molecule has 5 atom stereocenters. The summed E-state index contributed by atoms with van der Waals surface area (Å²) in [6, 6.07) is 0. The van der Waals surface area contributed by atoms with Gasteiger partial charge < -0.3 is 31.2 Å². The average molecular weight is 329 g/mol. The molecule has 1 amide bonds. The molecule has 1 fully saturated rings. The molecule has 1 aliphatic heterocycles. The van der Waals surface area contributed by atoms with Gasteiger partial charge in [0.05, 0.1) is 25.0 Å². The third-order valence-corrected chi connectivity index (χ3v) is 3.71. The molecule has 9 heteroatoms. The molecule has 2 heterocycles. The van der Waals surface area contributed by atoms with E-state index in [4.69, 9.17) is 22.3 Å². The Morgan fingerprint density at radius 2 is 2.39 bits per heavy atom. The van der Waals surface area contributed by atoms with E-state index in [9.17, 15) is 15.0 Å². The van der Waals surface area contributed by atoms with Gasteiger partial charge in [-0.3, -0.25) is 9.36 Å². The van der Waals surface area contributed by atoms with Gasteiger partial charge in [-0.1, -0.05) is 13.3 Å². The lowest BCUT2D eigenvalue weighted by molar-refractivity contribution is -0.117. The van der Waals surface area contributed by atoms with Crippen molar-refractivity contribution in [2.24, 2.45) is 5.73 Å². The van der Waals surface area contributed by atoms with Crippen molar-refractivity contribution < 1.29 is 25.9 Å². The van der Waals surface area contributed by atoms with Gasteiger partial charge in [-0.2, -0.15) is 0 Å². The molecule has 0 bridgehead atoms. The third kappa shape index (κ3) is 3.81. The minimum Gasteiger partial charge on any atom is -0.394 e. The number of nitrogen functional groups attached to an aromatic ring is 1. The monoisotopic (exact) mass is 329 g/mol. The highest BCUT2D eigenvalue weighted by atomic mass is 16.6. The van der Waals surface area contributed by atoms with Gasteiger partial charge >= 0.3 is 0 Å². The number of imidazole rings is 1. The topological polar surface area (TPSA) is 146 Å². The van der Waals surface area contributed by atoms with Crippen LogP contribution < -0.4 is 11.5 Å². The number of rotatable bonds is 8. The summed E-state index contributed by atoms with van der Waals surface area (Å²) < 4.78 is 20.3. The van der Waals surface area contributed by atoms with Crippen LogP contribution in [0.3, 0.4) is 0 Å². The van der Waals surface area contributed by atoms with E-state index < -0.39 is 36.8 Å². The first-order valence-corrected chi connectivity index (χ1v) is 7.46. The van der Waals surface area contributed by atoms with Crippen molar-refractivity contribution in [2.75, 3.05) is 18.9 Å². The molecule has 0 spiro atoms. The van der Waals surface area contributed by atoms with Crippen LogP contribution in [-0.4, -0.2) is 57.2 Å². The maximum Gasteiger partial charge on any atom is 0.223 e. The van der Waals surface area contributed by atoms with E-state index in [0.29, 0.717) is 12.1 Å². The lowest BCUT2D eigenvalue weighted by Gasteiger charge is -2.20. The summed E-state index contributed by atoms with van der Waals surface area (Å²) in [6.45, 7) is 1.63. The van der Waals surface area contributed by atoms with Crippen molar-refractivity contribution in [1.82, 2.24) is 9.55 Å². The fourth-order valence-electron chi connectivity index (χ4n) is 2.51. The number of ether oxygens (including phenoxy) is 2. The Morgan fingerprint density at radius 3 is 3.00 bits per heavy atom. The van der Waals surface area contributed by atoms with E-state index in [1.165, 1.54) is 10.9 Å². The second-order valence-corrected chi connectivity index (χ2v) is 5.36. The van der Waals surface area contributed by atoms with E-state index in [-0.39, 0.29) is 25.5 Å². The van der Waals surface area contributed by atoms with E-state index in [1.54, 1.807) is 0 Å². The summed E-state index contributed by atoms with van der Waals surface area (Å²) in [4.78, 5) is 15.0. The summed E-state index contributed by atoms with van der Waals surface area (Å²) >= 11 is 0. The second kappa shape index (κ2) is 7.73. The first-order valence-electron chi connectivity index (χ1n) is 8.04. The lowest BCUT2D eigenvalue weighted by atomic mass is 10.1. The number of nitrogens with zero attached hydrogens (tertiary/aromatic N) is 2. The van der Waals surface area contributed by atoms with Crippen molar-refractivity contribution in [3.8, 4) is 0 Å². The summed E-state index contributed by atoms with van der Waals surface area (Å²) in [6.07, 6.45) is -2.15. The number of aliphatic hydroxyl groups excluding tert-OH is 2. The van der Waals surface area contributed by atoms with Crippen molar-refractivity contribution in [2.45, 2.75) is 50.7 Å². The number of anilines is 1. The maximum absolute atomic E-state index is 11.0. The number of primary amides is 1. The standard InChI is InChI=1S/C14H24N4O5/c1-2-3-4-22-12-9(6-19)23-14(11(12)21)18-7-17-8(13(18)16)5-10(15)20/h7,9,11-12,14,19,21H,2-6,16H2,1H3,(H2,15,20)/t9-,11-,12-,14?/m1/s1/i3D/t3?,9-,11-,12-,14?. The number of carbonyl (C=O) groups excluding carboxylic acids is 1. The molecule has 1 aromatic heterocycles. The first kappa shape index (κ1) is 16.2. The Labute approximate surface area is 135 Å². The molecule has 1 aromatic rings. The van der Waals surface area contributed by atoms with Crippen LogP contribution in [0.25, 0.3) is 0 Å². The van der Waals surface area contributed by atoms with Crippen LogP contribution in [-0.2, 0) is 20.7 Å². The van der Waals surface area contributed by atoms with Gasteiger partial charge in [0.15, 0.2) is 6.23 Å². The molecule has 6 N–H and O–H groups in total. The largest absolute Gasteiger partial charge is 0.394 e. The number of hydrogen-bond donors (Lipinski definition) is 4. The quantitative estimate of drug-likeness (QED) is 0.475. The molecular weight excluding hydrogens is 304 g/mol. The maximum atomic E-state index is 11.0. The minimum atomic E-state index is -1.11. The Balaban J connectivity index is 2.14. The van der Waals surface area contributed by atoms with Crippen LogP contribution in [0, 0.1) is 0 Å². The van der Waals surface area contributed by atoms with E-state index >= 15 is 0 Å². The molecule has 1 aliphatic rings. The van der Waals surface area contributed by atoms with Gasteiger partial charge in [0, 0.05) is 7.98 Å². The molecule has 9 nitrogen and oxygen atoms in total. The minimum absolute atomic E-state index is 0.122. The van der Waals surface area contributed by atoms with Crippen molar-refractivity contribution in [1.29, 1.82) is 0 Å². The number of amides is 1. The Hall–Kier alpha value is -1.68. The van der Waals surface area contributed by atoms with Gasteiger partial charge in [0.1, 0.15) is 24.1 Å². The van der Waals surface area contributed by atoms with Crippen LogP contribution in [0.5, 0.6) is 0 Å². The van der Waals surface area contributed by atoms with Crippen molar-refractivity contribution in [3.05, 3.63) is 12.0 Å². The van der Waals surface area contributed by atoms with Crippen LogP contribution in [0.1, 0.15) is 33.0 Å². The number of carbonyl (C=O) groups is 1. The number of aromatic nitrogens is 2. The molecule has 2 unspecified atom stereocenters. The zero-order valence-electron chi connectivity index (χ0n) is 14.0. The molecule has 0 saturated carbocycles. The normalized spacial score (nSPS) is 29.4. The zero-order chi connectivity index (χ0) is 17.9. The van der Waals surface area contributed by atoms with Gasteiger partial charge in [-0.05, 0) is 6.40 Å². The molecule has 23 heavy (non-hydrogen) atoms. The van der Waals surface area contributed by atoms with Gasteiger partial charge in [-0.15, -0.1) is 0 Å². The highest BCUT2D eigenvalue weighted by Crippen LogP contribution is 2.33. The zero-order valence-corrected chi connectivity index (χ0v) is 13.0. The van der Waals surface area contributed by atoms with Crippen LogP contribution in [0.4, 0.5) is 5.82 Å². The molecule has 0 radical (unpaired) electrons. The molecule has 0 aliphatic carbocycles. The fraction of sp³-hybridized carbons (Fsp3) is 0.714. The lowest BCUT2D eigenvalue weighted by Crippen LogP contribution is -2.36. The number of aliphatic hydroxyl groups is 2. The predicted octanol–water partition coefficient (Wildman–Crippen LogP) is -1.07. The van der Waals surface area contributed by atoms with Crippen LogP contribution in [0.2, 0.25) is 0 Å². The Kier molecular flexibility index (Phi) is 5.44. The van der Waals surface area contributed by atoms with Crippen molar-refractivity contribution in [3.63, 3.8) is 0 Å². The van der Waals surface area contributed by atoms with Crippen molar-refractivity contribution >= 4 is 11.7 Å². The molecule has 2 rings (SSSR count).